The number of aldehydes is 1. The van der Waals surface area contributed by atoms with E-state index in [4.69, 9.17) is 11.6 Å². The molecule has 90 valence electrons. The van der Waals surface area contributed by atoms with Crippen molar-refractivity contribution in [2.45, 2.75) is 6.54 Å². The second kappa shape index (κ2) is 3.68. The highest BCUT2D eigenvalue weighted by atomic mass is 35.5. The first-order chi connectivity index (χ1) is 8.63. The molecule has 0 spiro atoms. The molecule has 2 aromatic rings. The molecule has 1 N–H and O–H groups in total. The van der Waals surface area contributed by atoms with Crippen molar-refractivity contribution in [2.75, 3.05) is 0 Å². The summed E-state index contributed by atoms with van der Waals surface area (Å²) in [5, 5.41) is 0.677. The number of aromatic amines is 1. The summed E-state index contributed by atoms with van der Waals surface area (Å²) in [6.07, 6.45) is 0.627. The number of nitrogens with one attached hydrogen (secondary N) is 1. The number of allylic oxidation sites excluding steroid dienone is 1. The maximum Gasteiger partial charge on any atom is 0.329 e. The Bertz CT molecular complexity index is 829. The van der Waals surface area contributed by atoms with Crippen molar-refractivity contribution >= 4 is 33.8 Å². The topological polar surface area (TPSA) is 71.9 Å². The fourth-order valence-corrected chi connectivity index (χ4v) is 2.44. The van der Waals surface area contributed by atoms with E-state index in [2.05, 4.69) is 4.98 Å². The largest absolute Gasteiger partial charge is 0.329 e. The smallest absolute Gasteiger partial charge is 0.298 e. The molecule has 0 saturated carbocycles. The number of H-pyrrole nitrogens is 1. The minimum atomic E-state index is -0.538. The van der Waals surface area contributed by atoms with Crippen molar-refractivity contribution < 1.29 is 4.79 Å². The zero-order valence-corrected chi connectivity index (χ0v) is 9.82. The molecular formula is C12H7ClN2O3. The van der Waals surface area contributed by atoms with Crippen LogP contribution in [0, 0.1) is 0 Å². The van der Waals surface area contributed by atoms with E-state index < -0.39 is 11.2 Å². The number of carbonyl (C=O) groups excluding carboxylic acids is 1. The number of nitrogens with zero attached hydrogens (tertiary/aromatic N) is 1. The van der Waals surface area contributed by atoms with Gasteiger partial charge < -0.3 is 0 Å². The van der Waals surface area contributed by atoms with Crippen LogP contribution >= 0.6 is 11.6 Å². The molecule has 0 amide bonds. The van der Waals surface area contributed by atoms with Crippen molar-refractivity contribution in [3.05, 3.63) is 50.2 Å². The summed E-state index contributed by atoms with van der Waals surface area (Å²) in [6, 6.07) is 4.96. The summed E-state index contributed by atoms with van der Waals surface area (Å²) in [7, 11) is 0. The molecule has 0 aliphatic carbocycles. The molecule has 0 radical (unpaired) electrons. The quantitative estimate of drug-likeness (QED) is 0.775. The number of benzene rings is 1. The Hall–Kier alpha value is -2.14. The maximum absolute atomic E-state index is 11.8. The van der Waals surface area contributed by atoms with Gasteiger partial charge >= 0.3 is 5.69 Å². The van der Waals surface area contributed by atoms with Gasteiger partial charge in [-0.05, 0) is 6.07 Å². The predicted molar refractivity (Wildman–Crippen MR) is 67.7 cm³/mol. The molecule has 5 nitrogen and oxygen atoms in total. The van der Waals surface area contributed by atoms with Gasteiger partial charge in [0, 0.05) is 11.1 Å². The third kappa shape index (κ3) is 1.31. The molecule has 0 fully saturated rings. The number of rotatable bonds is 1. The predicted octanol–water partition coefficient (Wildman–Crippen LogP) is 0.852. The van der Waals surface area contributed by atoms with Gasteiger partial charge in [0.25, 0.3) is 5.56 Å². The Morgan fingerprint density at radius 1 is 1.33 bits per heavy atom. The molecule has 0 bridgehead atoms. The van der Waals surface area contributed by atoms with Crippen molar-refractivity contribution in [1.29, 1.82) is 0 Å². The summed E-state index contributed by atoms with van der Waals surface area (Å²) < 4.78 is 1.35. The average Bonchev–Trinajstić information content (AvgIpc) is 2.37. The van der Waals surface area contributed by atoms with E-state index in [-0.39, 0.29) is 6.54 Å². The third-order valence-corrected chi connectivity index (χ3v) is 3.45. The molecule has 0 atom stereocenters. The molecule has 3 rings (SSSR count). The second-order valence-electron chi connectivity index (χ2n) is 4.00. The molecule has 1 aromatic carbocycles. The van der Waals surface area contributed by atoms with Crippen LogP contribution in [0.15, 0.2) is 33.4 Å². The summed E-state index contributed by atoms with van der Waals surface area (Å²) in [5.74, 6) is 0. The number of halogens is 1. The lowest BCUT2D eigenvalue weighted by Crippen LogP contribution is -2.33. The maximum atomic E-state index is 11.8. The Balaban J connectivity index is 2.60. The van der Waals surface area contributed by atoms with E-state index in [1.54, 1.807) is 18.2 Å². The normalized spacial score (nSPS) is 14.1. The van der Waals surface area contributed by atoms with E-state index in [1.165, 1.54) is 4.57 Å². The third-order valence-electron chi connectivity index (χ3n) is 3.01. The van der Waals surface area contributed by atoms with Gasteiger partial charge in [0.2, 0.25) is 0 Å². The van der Waals surface area contributed by atoms with Gasteiger partial charge in [-0.1, -0.05) is 23.7 Å². The van der Waals surface area contributed by atoms with Gasteiger partial charge in [-0.3, -0.25) is 19.1 Å². The highest BCUT2D eigenvalue weighted by Gasteiger charge is 2.21. The molecule has 1 aliphatic rings. The highest BCUT2D eigenvalue weighted by Crippen LogP contribution is 2.32. The summed E-state index contributed by atoms with van der Waals surface area (Å²) in [4.78, 5) is 36.6. The van der Waals surface area contributed by atoms with Gasteiger partial charge in [-0.2, -0.15) is 0 Å². The molecular weight excluding hydrogens is 256 g/mol. The number of carbonyl (C=O) groups is 1. The molecule has 0 saturated heterocycles. The average molecular weight is 263 g/mol. The minimum absolute atomic E-state index is 0.0749. The summed E-state index contributed by atoms with van der Waals surface area (Å²) >= 11 is 6.11. The lowest BCUT2D eigenvalue weighted by molar-refractivity contribution is -0.105. The molecule has 0 unspecified atom stereocenters. The highest BCUT2D eigenvalue weighted by molar-refractivity contribution is 6.51. The molecule has 18 heavy (non-hydrogen) atoms. The van der Waals surface area contributed by atoms with Crippen molar-refractivity contribution in [3.63, 3.8) is 0 Å². The lowest BCUT2D eigenvalue weighted by Gasteiger charge is -2.18. The van der Waals surface area contributed by atoms with Crippen molar-refractivity contribution in [1.82, 2.24) is 9.55 Å². The van der Waals surface area contributed by atoms with Gasteiger partial charge in [-0.25, -0.2) is 4.79 Å². The van der Waals surface area contributed by atoms with Crippen LogP contribution < -0.4 is 11.2 Å². The molecule has 1 aromatic heterocycles. The SMILES string of the molecule is O=CC1=C(Cl)c2cccc3c(=O)[nH]c(=O)n(c23)C1. The number of hydrogen-bond donors (Lipinski definition) is 1. The van der Waals surface area contributed by atoms with Crippen LogP contribution in [0.4, 0.5) is 0 Å². The number of aromatic nitrogens is 2. The van der Waals surface area contributed by atoms with Crippen LogP contribution in [0.1, 0.15) is 5.56 Å². The van der Waals surface area contributed by atoms with Crippen molar-refractivity contribution in [3.8, 4) is 0 Å². The minimum Gasteiger partial charge on any atom is -0.298 e. The first-order valence-electron chi connectivity index (χ1n) is 5.23. The van der Waals surface area contributed by atoms with Gasteiger partial charge in [-0.15, -0.1) is 0 Å². The summed E-state index contributed by atoms with van der Waals surface area (Å²) in [5.41, 5.74) is 0.342. The lowest BCUT2D eigenvalue weighted by atomic mass is 10.0. The van der Waals surface area contributed by atoms with Gasteiger partial charge in [0.15, 0.2) is 0 Å². The van der Waals surface area contributed by atoms with E-state index in [9.17, 15) is 14.4 Å². The Kier molecular flexibility index (Phi) is 2.24. The molecule has 1 aliphatic heterocycles. The van der Waals surface area contributed by atoms with Crippen molar-refractivity contribution in [2.24, 2.45) is 0 Å². The Labute approximate surface area is 105 Å². The monoisotopic (exact) mass is 262 g/mol. The van der Waals surface area contributed by atoms with E-state index in [0.717, 1.165) is 0 Å². The first kappa shape index (κ1) is 11.0. The molecule has 6 heteroatoms. The summed E-state index contributed by atoms with van der Waals surface area (Å²) in [6.45, 7) is 0.0749. The second-order valence-corrected chi connectivity index (χ2v) is 4.38. The number of para-hydroxylation sites is 1. The Morgan fingerprint density at radius 2 is 2.11 bits per heavy atom. The standard InChI is InChI=1S/C12H7ClN2O3/c13-9-6(5-16)4-15-10-7(9)2-1-3-8(10)11(17)14-12(15)18/h1-3,5H,4H2,(H,14,17,18). The van der Waals surface area contributed by atoms with Crippen LogP contribution in [0.5, 0.6) is 0 Å². The van der Waals surface area contributed by atoms with Gasteiger partial charge in [0.05, 0.1) is 22.5 Å². The fourth-order valence-electron chi connectivity index (χ4n) is 2.18. The van der Waals surface area contributed by atoms with Crippen LogP contribution in [-0.4, -0.2) is 15.8 Å². The first-order valence-corrected chi connectivity index (χ1v) is 5.61. The molecule has 2 heterocycles. The van der Waals surface area contributed by atoms with Gasteiger partial charge in [0.1, 0.15) is 6.29 Å². The van der Waals surface area contributed by atoms with Crippen LogP contribution in [0.25, 0.3) is 15.9 Å². The van der Waals surface area contributed by atoms with Crippen LogP contribution in [-0.2, 0) is 11.3 Å². The zero-order chi connectivity index (χ0) is 12.9. The number of hydrogen-bond acceptors (Lipinski definition) is 3. The Morgan fingerprint density at radius 3 is 2.83 bits per heavy atom. The fraction of sp³-hybridized carbons (Fsp3) is 0.0833. The zero-order valence-electron chi connectivity index (χ0n) is 9.07. The van der Waals surface area contributed by atoms with E-state index >= 15 is 0 Å². The van der Waals surface area contributed by atoms with E-state index in [1.807, 2.05) is 0 Å². The van der Waals surface area contributed by atoms with Crippen LogP contribution in [0.3, 0.4) is 0 Å². The van der Waals surface area contributed by atoms with Crippen LogP contribution in [0.2, 0.25) is 0 Å². The van der Waals surface area contributed by atoms with E-state index in [0.29, 0.717) is 33.4 Å².